The molecule has 2 rings (SSSR count). The van der Waals surface area contributed by atoms with E-state index in [1.165, 1.54) is 38.4 Å². The second kappa shape index (κ2) is 10.9. The quantitative estimate of drug-likeness (QED) is 0.224. The lowest BCUT2D eigenvalue weighted by atomic mass is 10.1. The van der Waals surface area contributed by atoms with E-state index in [0.29, 0.717) is 0 Å². The highest BCUT2D eigenvalue weighted by atomic mass is 32.2. The Hall–Kier alpha value is -3.02. The second-order valence-electron chi connectivity index (χ2n) is 7.93. The molecule has 0 saturated carbocycles. The summed E-state index contributed by atoms with van der Waals surface area (Å²) in [4.78, 5) is 10.7. The van der Waals surface area contributed by atoms with Crippen molar-refractivity contribution in [2.45, 2.75) is 29.7 Å². The van der Waals surface area contributed by atoms with Crippen LogP contribution in [-0.2, 0) is 30.4 Å². The first-order valence-corrected chi connectivity index (χ1v) is 14.4. The minimum atomic E-state index is -4.83. The van der Waals surface area contributed by atoms with Crippen LogP contribution in [0.1, 0.15) is 25.0 Å². The van der Waals surface area contributed by atoms with E-state index < -0.39 is 46.3 Å². The Kier molecular flexibility index (Phi) is 8.87. The van der Waals surface area contributed by atoms with Crippen molar-refractivity contribution in [1.29, 1.82) is 0 Å². The van der Waals surface area contributed by atoms with E-state index in [1.807, 2.05) is 0 Å². The van der Waals surface area contributed by atoms with E-state index in [2.05, 4.69) is 15.4 Å². The maximum Gasteiger partial charge on any atom is 0.319 e. The zero-order valence-corrected chi connectivity index (χ0v) is 22.1. The van der Waals surface area contributed by atoms with Crippen molar-refractivity contribution in [2.24, 2.45) is 0 Å². The molecule has 0 fully saturated rings. The Bertz CT molecular complexity index is 1500. The molecule has 0 bridgehead atoms. The third-order valence-corrected chi connectivity index (χ3v) is 7.70. The highest BCUT2D eigenvalue weighted by Crippen LogP contribution is 2.26. The van der Waals surface area contributed by atoms with Crippen molar-refractivity contribution in [3.8, 4) is 0 Å². The summed E-state index contributed by atoms with van der Waals surface area (Å²) in [6.45, 7) is 3.45. The van der Waals surface area contributed by atoms with Gasteiger partial charge in [0, 0.05) is 25.8 Å². The molecule has 0 radical (unpaired) electrons. The van der Waals surface area contributed by atoms with Gasteiger partial charge in [-0.25, -0.2) is 4.79 Å². The van der Waals surface area contributed by atoms with E-state index in [4.69, 9.17) is 0 Å². The van der Waals surface area contributed by atoms with Crippen molar-refractivity contribution >= 4 is 60.0 Å². The van der Waals surface area contributed by atoms with Gasteiger partial charge in [0.05, 0.1) is 5.69 Å². The largest absolute Gasteiger partial charge is 0.336 e. The molecule has 0 saturated heterocycles. The normalized spacial score (nSPS) is 12.8. The predicted molar refractivity (Wildman–Crippen MR) is 135 cm³/mol. The van der Waals surface area contributed by atoms with Crippen molar-refractivity contribution < 1.29 is 39.2 Å². The second-order valence-corrected chi connectivity index (χ2v) is 12.6. The van der Waals surface area contributed by atoms with Gasteiger partial charge in [-0.2, -0.15) is 29.6 Å². The number of carbonyl (C=O) groups excluding carboxylic acids is 1. The lowest BCUT2D eigenvalue weighted by Crippen LogP contribution is -2.34. The van der Waals surface area contributed by atoms with Crippen LogP contribution in [0.15, 0.2) is 46.2 Å². The number of urea groups is 1. The Balaban J connectivity index is 2.50. The van der Waals surface area contributed by atoms with Gasteiger partial charge in [0.2, 0.25) is 0 Å². The van der Waals surface area contributed by atoms with Gasteiger partial charge in [-0.15, -0.1) is 0 Å². The molecule has 0 aliphatic rings. The van der Waals surface area contributed by atoms with Crippen molar-refractivity contribution in [3.05, 3.63) is 47.5 Å². The molecule has 2 amide bonds. The molecule has 0 atom stereocenters. The van der Waals surface area contributed by atoms with Crippen LogP contribution in [0.25, 0.3) is 12.2 Å². The molecule has 2 aromatic rings. The number of anilines is 2. The summed E-state index contributed by atoms with van der Waals surface area (Å²) in [6.07, 6.45) is 2.31. The molecule has 2 aromatic carbocycles. The number of benzene rings is 2. The van der Waals surface area contributed by atoms with Gasteiger partial charge in [-0.05, 0) is 49.2 Å². The molecule has 0 aliphatic carbocycles. The van der Waals surface area contributed by atoms with Gasteiger partial charge in [0.15, 0.2) is 0 Å². The van der Waals surface area contributed by atoms with Gasteiger partial charge < -0.3 is 10.6 Å². The topological polar surface area (TPSA) is 199 Å². The SMILES string of the molecule is CC(C)NC(=O)Nc1ccc(C=Cc2ccc(NS(=O)(=O)N(C)C)cc2S(=O)(=O)O)c(S(=O)(=O)O)c1. The highest BCUT2D eigenvalue weighted by Gasteiger charge is 2.20. The number of hydrogen-bond acceptors (Lipinski definition) is 7. The molecular formula is C20H26N4O9S3. The molecule has 16 heteroatoms. The van der Waals surface area contributed by atoms with Gasteiger partial charge in [-0.1, -0.05) is 24.3 Å². The molecule has 36 heavy (non-hydrogen) atoms. The molecule has 198 valence electrons. The number of rotatable bonds is 9. The zero-order valence-electron chi connectivity index (χ0n) is 19.6. The van der Waals surface area contributed by atoms with Gasteiger partial charge in [0.25, 0.3) is 20.2 Å². The van der Waals surface area contributed by atoms with Crippen molar-refractivity contribution in [3.63, 3.8) is 0 Å². The summed E-state index contributed by atoms with van der Waals surface area (Å²) < 4.78 is 94.0. The zero-order chi connectivity index (χ0) is 27.5. The molecule has 0 heterocycles. The first-order valence-electron chi connectivity index (χ1n) is 10.1. The Morgan fingerprint density at radius 2 is 1.28 bits per heavy atom. The average molecular weight is 563 g/mol. The maximum absolute atomic E-state index is 12.0. The number of amides is 2. The van der Waals surface area contributed by atoms with Gasteiger partial charge in [-0.3, -0.25) is 13.8 Å². The van der Waals surface area contributed by atoms with Crippen LogP contribution in [0.5, 0.6) is 0 Å². The molecule has 13 nitrogen and oxygen atoms in total. The van der Waals surface area contributed by atoms with Crippen molar-refractivity contribution in [1.82, 2.24) is 9.62 Å². The Morgan fingerprint density at radius 3 is 1.69 bits per heavy atom. The Labute approximate surface area is 209 Å². The minimum Gasteiger partial charge on any atom is -0.336 e. The molecule has 0 aliphatic heterocycles. The molecular weight excluding hydrogens is 536 g/mol. The number of hydrogen-bond donors (Lipinski definition) is 5. The standard InChI is InChI=1S/C20H26N4O9S3/c1-13(2)21-20(25)22-16-9-7-14(18(11-16)34(26,27)28)5-6-15-8-10-17(12-19(15)35(29,30)31)23-36(32,33)24(3)4/h5-13,23H,1-4H3,(H2,21,22,25)(H,26,27,28)(H,29,30,31). The van der Waals surface area contributed by atoms with Crippen LogP contribution in [0.2, 0.25) is 0 Å². The summed E-state index contributed by atoms with van der Waals surface area (Å²) in [6, 6.07) is 6.16. The van der Waals surface area contributed by atoms with E-state index in [9.17, 15) is 39.2 Å². The van der Waals surface area contributed by atoms with E-state index in [0.717, 1.165) is 28.6 Å². The smallest absolute Gasteiger partial charge is 0.319 e. The summed E-state index contributed by atoms with van der Waals surface area (Å²) in [5.41, 5.74) is -0.257. The highest BCUT2D eigenvalue weighted by molar-refractivity contribution is 7.90. The minimum absolute atomic E-state index is 0.0639. The summed E-state index contributed by atoms with van der Waals surface area (Å²) in [5, 5.41) is 4.98. The third kappa shape index (κ3) is 8.00. The molecule has 0 aromatic heterocycles. The van der Waals surface area contributed by atoms with Crippen LogP contribution < -0.4 is 15.4 Å². The summed E-state index contributed by atoms with van der Waals surface area (Å²) >= 11 is 0. The number of carbonyl (C=O) groups is 1. The third-order valence-electron chi connectivity index (χ3n) is 4.43. The average Bonchev–Trinajstić information content (AvgIpc) is 2.71. The summed E-state index contributed by atoms with van der Waals surface area (Å²) in [7, 11) is -11.0. The monoisotopic (exact) mass is 562 g/mol. The van der Waals surface area contributed by atoms with E-state index in [1.54, 1.807) is 13.8 Å². The summed E-state index contributed by atoms with van der Waals surface area (Å²) in [5.74, 6) is 0. The molecule has 0 unspecified atom stereocenters. The number of nitrogens with zero attached hydrogens (tertiary/aromatic N) is 1. The van der Waals surface area contributed by atoms with E-state index >= 15 is 0 Å². The van der Waals surface area contributed by atoms with Crippen molar-refractivity contribution in [2.75, 3.05) is 24.1 Å². The first kappa shape index (κ1) is 29.2. The van der Waals surface area contributed by atoms with Gasteiger partial charge >= 0.3 is 16.2 Å². The first-order chi connectivity index (χ1) is 16.4. The fraction of sp³-hybridized carbons (Fsp3) is 0.250. The molecule has 0 spiro atoms. The van der Waals surface area contributed by atoms with E-state index in [-0.39, 0.29) is 28.5 Å². The van der Waals surface area contributed by atoms with Crippen LogP contribution in [-0.4, -0.2) is 64.8 Å². The Morgan fingerprint density at radius 1 is 0.833 bits per heavy atom. The van der Waals surface area contributed by atoms with Gasteiger partial charge in [0.1, 0.15) is 9.79 Å². The molecule has 5 N–H and O–H groups in total. The lowest BCUT2D eigenvalue weighted by Gasteiger charge is -2.14. The number of nitrogens with one attached hydrogen (secondary N) is 3. The van der Waals surface area contributed by atoms with Crippen LogP contribution in [0, 0.1) is 0 Å². The van der Waals surface area contributed by atoms with Crippen LogP contribution in [0.3, 0.4) is 0 Å². The fourth-order valence-corrected chi connectivity index (χ4v) is 4.81. The fourth-order valence-electron chi connectivity index (χ4n) is 2.78. The maximum atomic E-state index is 12.0. The predicted octanol–water partition coefficient (Wildman–Crippen LogP) is 2.10. The van der Waals surface area contributed by atoms with Crippen LogP contribution >= 0.6 is 0 Å². The van der Waals surface area contributed by atoms with Crippen LogP contribution in [0.4, 0.5) is 16.2 Å². The lowest BCUT2D eigenvalue weighted by molar-refractivity contribution is 0.250.